The number of benzene rings is 1. The van der Waals surface area contributed by atoms with Crippen LogP contribution in [-0.4, -0.2) is 32.9 Å². The Bertz CT molecular complexity index is 648. The molecular weight excluding hydrogens is 311 g/mol. The van der Waals surface area contributed by atoms with Crippen LogP contribution in [0.5, 0.6) is 0 Å². The third-order valence-electron chi connectivity index (χ3n) is 2.27. The van der Waals surface area contributed by atoms with Crippen molar-refractivity contribution in [1.82, 2.24) is 0 Å². The summed E-state index contributed by atoms with van der Waals surface area (Å²) in [6, 6.07) is 5.01. The monoisotopic (exact) mass is 323 g/mol. The van der Waals surface area contributed by atoms with Crippen molar-refractivity contribution < 1.29 is 31.1 Å². The number of rotatable bonds is 4. The lowest BCUT2D eigenvalue weighted by atomic mass is 10.2. The molecule has 0 aliphatic carbocycles. The number of carbonyl (C=O) groups excluding carboxylic acids is 1. The van der Waals surface area contributed by atoms with Crippen LogP contribution in [0.1, 0.15) is 12.5 Å². The molecule has 1 rings (SSSR count). The Morgan fingerprint density at radius 2 is 1.76 bits per heavy atom. The van der Waals surface area contributed by atoms with Crippen LogP contribution in [0.2, 0.25) is 0 Å². The SMILES string of the molecule is CCOC(=O)/C(=N/S(=O)(=O)c1ccc(C)cc1)C(F)(F)F. The Morgan fingerprint density at radius 1 is 1.24 bits per heavy atom. The van der Waals surface area contributed by atoms with Gasteiger partial charge in [0.2, 0.25) is 5.71 Å². The minimum atomic E-state index is -5.23. The lowest BCUT2D eigenvalue weighted by molar-refractivity contribution is -0.139. The van der Waals surface area contributed by atoms with Crippen molar-refractivity contribution >= 4 is 21.7 Å². The van der Waals surface area contributed by atoms with E-state index in [1.54, 1.807) is 6.92 Å². The molecule has 116 valence electrons. The summed E-state index contributed by atoms with van der Waals surface area (Å²) in [4.78, 5) is 10.8. The van der Waals surface area contributed by atoms with Crippen LogP contribution in [-0.2, 0) is 19.6 Å². The number of hydrogen-bond donors (Lipinski definition) is 0. The number of esters is 1. The van der Waals surface area contributed by atoms with Crippen LogP contribution < -0.4 is 0 Å². The van der Waals surface area contributed by atoms with E-state index < -0.39 is 32.8 Å². The molecular formula is C12H12F3NO4S. The number of sulfonamides is 1. The van der Waals surface area contributed by atoms with Crippen molar-refractivity contribution in [1.29, 1.82) is 0 Å². The normalized spacial score (nSPS) is 13.1. The number of carbonyl (C=O) groups is 1. The lowest BCUT2D eigenvalue weighted by Gasteiger charge is -2.09. The smallest absolute Gasteiger partial charge is 0.441 e. The molecule has 0 atom stereocenters. The number of hydrogen-bond acceptors (Lipinski definition) is 4. The van der Waals surface area contributed by atoms with Gasteiger partial charge in [0.15, 0.2) is 0 Å². The Balaban J connectivity index is 3.32. The topological polar surface area (TPSA) is 72.8 Å². The van der Waals surface area contributed by atoms with E-state index in [4.69, 9.17) is 0 Å². The standard InChI is InChI=1S/C12H12F3NO4S/c1-3-20-11(17)10(12(13,14)15)16-21(18,19)9-6-4-8(2)5-7-9/h4-7H,3H2,1-2H3/b16-10-. The van der Waals surface area contributed by atoms with Crippen molar-refractivity contribution in [3.8, 4) is 0 Å². The largest absolute Gasteiger partial charge is 0.461 e. The molecule has 0 saturated carbocycles. The van der Waals surface area contributed by atoms with Gasteiger partial charge in [-0.15, -0.1) is 4.40 Å². The molecule has 0 fully saturated rings. The highest BCUT2D eigenvalue weighted by atomic mass is 32.2. The van der Waals surface area contributed by atoms with Gasteiger partial charge in [-0.3, -0.25) is 0 Å². The minimum absolute atomic E-state index is 0.335. The molecule has 0 aromatic heterocycles. The fourth-order valence-corrected chi connectivity index (χ4v) is 2.29. The summed E-state index contributed by atoms with van der Waals surface area (Å²) >= 11 is 0. The Labute approximate surface area is 119 Å². The molecule has 0 N–H and O–H groups in total. The predicted molar refractivity (Wildman–Crippen MR) is 68.5 cm³/mol. The van der Waals surface area contributed by atoms with Gasteiger partial charge in [0.25, 0.3) is 10.0 Å². The van der Waals surface area contributed by atoms with Crippen LogP contribution in [0.25, 0.3) is 0 Å². The van der Waals surface area contributed by atoms with Crippen molar-refractivity contribution in [2.75, 3.05) is 6.61 Å². The van der Waals surface area contributed by atoms with E-state index in [1.165, 1.54) is 19.1 Å². The van der Waals surface area contributed by atoms with Gasteiger partial charge in [-0.1, -0.05) is 17.7 Å². The summed E-state index contributed by atoms with van der Waals surface area (Å²) in [5.41, 5.74) is -1.38. The molecule has 0 spiro atoms. The van der Waals surface area contributed by atoms with E-state index in [1.807, 2.05) is 0 Å². The molecule has 9 heteroatoms. The first-order valence-corrected chi connectivity index (χ1v) is 7.18. The van der Waals surface area contributed by atoms with Gasteiger partial charge in [-0.25, -0.2) is 4.79 Å². The summed E-state index contributed by atoms with van der Waals surface area (Å²) in [5, 5.41) is 0. The highest BCUT2D eigenvalue weighted by Gasteiger charge is 2.43. The van der Waals surface area contributed by atoms with E-state index >= 15 is 0 Å². The molecule has 0 saturated heterocycles. The molecule has 0 bridgehead atoms. The van der Waals surface area contributed by atoms with Crippen LogP contribution in [0.4, 0.5) is 13.2 Å². The lowest BCUT2D eigenvalue weighted by Crippen LogP contribution is -2.33. The summed E-state index contributed by atoms with van der Waals surface area (Å²) in [5.74, 6) is -1.83. The molecule has 0 amide bonds. The second-order valence-corrected chi connectivity index (χ2v) is 5.55. The predicted octanol–water partition coefficient (Wildman–Crippen LogP) is 2.25. The maximum absolute atomic E-state index is 12.7. The molecule has 1 aromatic carbocycles. The van der Waals surface area contributed by atoms with E-state index in [-0.39, 0.29) is 6.61 Å². The van der Waals surface area contributed by atoms with Crippen molar-refractivity contribution in [3.63, 3.8) is 0 Å². The second kappa shape index (κ2) is 6.25. The highest BCUT2D eigenvalue weighted by Crippen LogP contribution is 2.22. The maximum Gasteiger partial charge on any atom is 0.441 e. The molecule has 0 radical (unpaired) electrons. The third-order valence-corrected chi connectivity index (χ3v) is 3.56. The average Bonchev–Trinajstić information content (AvgIpc) is 2.35. The van der Waals surface area contributed by atoms with Crippen molar-refractivity contribution in [2.24, 2.45) is 4.40 Å². The van der Waals surface area contributed by atoms with Crippen LogP contribution in [0.3, 0.4) is 0 Å². The first-order valence-electron chi connectivity index (χ1n) is 5.74. The van der Waals surface area contributed by atoms with Gasteiger partial charge in [0, 0.05) is 0 Å². The van der Waals surface area contributed by atoms with Crippen LogP contribution in [0.15, 0.2) is 33.6 Å². The highest BCUT2D eigenvalue weighted by molar-refractivity contribution is 7.90. The zero-order chi connectivity index (χ0) is 16.3. The quantitative estimate of drug-likeness (QED) is 0.629. The number of ether oxygens (including phenoxy) is 1. The molecule has 21 heavy (non-hydrogen) atoms. The van der Waals surface area contributed by atoms with Crippen LogP contribution >= 0.6 is 0 Å². The zero-order valence-electron chi connectivity index (χ0n) is 11.1. The van der Waals surface area contributed by atoms with Gasteiger partial charge in [0.1, 0.15) is 0 Å². The first-order chi connectivity index (χ1) is 9.58. The van der Waals surface area contributed by atoms with Gasteiger partial charge in [-0.05, 0) is 26.0 Å². The third kappa shape index (κ3) is 4.55. The fraction of sp³-hybridized carbons (Fsp3) is 0.333. The second-order valence-electron chi connectivity index (χ2n) is 3.95. The van der Waals surface area contributed by atoms with Crippen LogP contribution in [0, 0.1) is 6.92 Å². The number of halogens is 3. The molecule has 0 aliphatic rings. The zero-order valence-corrected chi connectivity index (χ0v) is 12.0. The molecule has 1 aromatic rings. The molecule has 0 aliphatic heterocycles. The summed E-state index contributed by atoms with van der Waals surface area (Å²) < 4.78 is 68.5. The Morgan fingerprint density at radius 3 is 2.19 bits per heavy atom. The first kappa shape index (κ1) is 17.2. The van der Waals surface area contributed by atoms with E-state index in [9.17, 15) is 26.4 Å². The summed E-state index contributed by atoms with van der Waals surface area (Å²) in [7, 11) is -4.66. The average molecular weight is 323 g/mol. The van der Waals surface area contributed by atoms with Gasteiger partial charge >= 0.3 is 12.1 Å². The number of nitrogens with zero attached hydrogens (tertiary/aromatic N) is 1. The van der Waals surface area contributed by atoms with E-state index in [0.717, 1.165) is 17.7 Å². The summed E-state index contributed by atoms with van der Waals surface area (Å²) in [6.45, 7) is 2.64. The molecule has 0 heterocycles. The van der Waals surface area contributed by atoms with E-state index in [2.05, 4.69) is 9.13 Å². The van der Waals surface area contributed by atoms with Gasteiger partial charge in [-0.2, -0.15) is 21.6 Å². The Hall–Kier alpha value is -1.90. The van der Waals surface area contributed by atoms with Gasteiger partial charge in [0.05, 0.1) is 11.5 Å². The fourth-order valence-electron chi connectivity index (χ4n) is 1.29. The number of aryl methyl sites for hydroxylation is 1. The molecule has 5 nitrogen and oxygen atoms in total. The van der Waals surface area contributed by atoms with Crippen molar-refractivity contribution in [2.45, 2.75) is 24.9 Å². The van der Waals surface area contributed by atoms with Crippen molar-refractivity contribution in [3.05, 3.63) is 29.8 Å². The van der Waals surface area contributed by atoms with E-state index in [0.29, 0.717) is 0 Å². The number of alkyl halides is 3. The minimum Gasteiger partial charge on any atom is -0.461 e. The van der Waals surface area contributed by atoms with Gasteiger partial charge < -0.3 is 4.74 Å². The summed E-state index contributed by atoms with van der Waals surface area (Å²) in [6.07, 6.45) is -5.23. The molecule has 0 unspecified atom stereocenters. The maximum atomic E-state index is 12.7. The Kier molecular flexibility index (Phi) is 5.10.